The lowest BCUT2D eigenvalue weighted by molar-refractivity contribution is 0.136. The number of fused-ring (bicyclic) bond motifs is 1. The molecule has 0 atom stereocenters. The third-order valence-electron chi connectivity index (χ3n) is 5.71. The van der Waals surface area contributed by atoms with Crippen molar-refractivity contribution in [3.05, 3.63) is 59.8 Å². The molecule has 8 heteroatoms. The normalized spacial score (nSPS) is 15.0. The molecular formula is C23H29FN6O. The van der Waals surface area contributed by atoms with Gasteiger partial charge in [0.15, 0.2) is 5.65 Å². The van der Waals surface area contributed by atoms with Crippen molar-refractivity contribution in [1.82, 2.24) is 29.7 Å². The van der Waals surface area contributed by atoms with Crippen molar-refractivity contribution in [3.8, 4) is 0 Å². The number of pyridine rings is 1. The molecule has 4 rings (SSSR count). The Morgan fingerprint density at radius 3 is 2.55 bits per heavy atom. The molecule has 0 unspecified atom stereocenters. The maximum absolute atomic E-state index is 13.0. The summed E-state index contributed by atoms with van der Waals surface area (Å²) in [6, 6.07) is 10.0. The number of halogens is 1. The van der Waals surface area contributed by atoms with Gasteiger partial charge in [0.05, 0.1) is 0 Å². The molecule has 1 saturated heterocycles. The van der Waals surface area contributed by atoms with E-state index in [1.807, 2.05) is 23.2 Å². The Hall–Kier alpha value is -3.00. The number of carbonyl (C=O) groups excluding carboxylic acids is 1. The molecule has 2 amide bonds. The van der Waals surface area contributed by atoms with Gasteiger partial charge in [-0.3, -0.25) is 4.90 Å². The molecular weight excluding hydrogens is 395 g/mol. The van der Waals surface area contributed by atoms with Gasteiger partial charge in [-0.15, -0.1) is 0 Å². The number of aromatic nitrogens is 3. The lowest BCUT2D eigenvalue weighted by Gasteiger charge is -2.34. The van der Waals surface area contributed by atoms with Gasteiger partial charge in [0.2, 0.25) is 0 Å². The highest BCUT2D eigenvalue weighted by Crippen LogP contribution is 2.20. The maximum Gasteiger partial charge on any atom is 0.317 e. The summed E-state index contributed by atoms with van der Waals surface area (Å²) in [5.41, 5.74) is 2.76. The van der Waals surface area contributed by atoms with Crippen LogP contribution < -0.4 is 5.32 Å². The zero-order valence-corrected chi connectivity index (χ0v) is 18.1. The van der Waals surface area contributed by atoms with Crippen molar-refractivity contribution in [3.63, 3.8) is 0 Å². The predicted molar refractivity (Wildman–Crippen MR) is 118 cm³/mol. The van der Waals surface area contributed by atoms with E-state index < -0.39 is 0 Å². The first-order chi connectivity index (χ1) is 15.0. The van der Waals surface area contributed by atoms with Crippen LogP contribution in [0.5, 0.6) is 0 Å². The number of rotatable bonds is 6. The Bertz CT molecular complexity index is 1020. The molecule has 1 aliphatic rings. The monoisotopic (exact) mass is 424 g/mol. The zero-order valence-electron chi connectivity index (χ0n) is 18.1. The smallest absolute Gasteiger partial charge is 0.317 e. The van der Waals surface area contributed by atoms with Crippen LogP contribution in [0.2, 0.25) is 0 Å². The maximum atomic E-state index is 13.0. The number of urea groups is 1. The quantitative estimate of drug-likeness (QED) is 0.660. The fourth-order valence-electron chi connectivity index (χ4n) is 3.94. The highest BCUT2D eigenvalue weighted by atomic mass is 19.1. The first-order valence-electron chi connectivity index (χ1n) is 10.8. The number of imidazole rings is 1. The SMILES string of the molecule is CC(C)c1nc2cccnc2n1CCN1CCN(C(=O)NCc2ccc(F)cc2)CC1. The zero-order chi connectivity index (χ0) is 21.8. The number of amides is 2. The van der Waals surface area contributed by atoms with Gasteiger partial charge in [-0.05, 0) is 29.8 Å². The van der Waals surface area contributed by atoms with E-state index in [0.29, 0.717) is 25.6 Å². The van der Waals surface area contributed by atoms with E-state index in [4.69, 9.17) is 4.98 Å². The first-order valence-corrected chi connectivity index (χ1v) is 10.8. The van der Waals surface area contributed by atoms with E-state index in [9.17, 15) is 9.18 Å². The summed E-state index contributed by atoms with van der Waals surface area (Å²) in [4.78, 5) is 26.0. The lowest BCUT2D eigenvalue weighted by atomic mass is 10.2. The van der Waals surface area contributed by atoms with Crippen LogP contribution in [-0.2, 0) is 13.1 Å². The van der Waals surface area contributed by atoms with Gasteiger partial charge in [0.25, 0.3) is 0 Å². The summed E-state index contributed by atoms with van der Waals surface area (Å²) in [5.74, 6) is 1.12. The van der Waals surface area contributed by atoms with Gasteiger partial charge in [-0.2, -0.15) is 0 Å². The minimum Gasteiger partial charge on any atom is -0.334 e. The van der Waals surface area contributed by atoms with Crippen molar-refractivity contribution in [1.29, 1.82) is 0 Å². The number of carbonyl (C=O) groups is 1. The Morgan fingerprint density at radius 1 is 1.10 bits per heavy atom. The van der Waals surface area contributed by atoms with Crippen molar-refractivity contribution in [2.45, 2.75) is 32.9 Å². The highest BCUT2D eigenvalue weighted by molar-refractivity contribution is 5.74. The average molecular weight is 425 g/mol. The first kappa shape index (κ1) is 21.2. The van der Waals surface area contributed by atoms with Gasteiger partial charge in [0, 0.05) is 57.9 Å². The van der Waals surface area contributed by atoms with E-state index in [1.165, 1.54) is 12.1 Å². The molecule has 0 saturated carbocycles. The van der Waals surface area contributed by atoms with E-state index >= 15 is 0 Å². The molecule has 3 heterocycles. The number of nitrogens with one attached hydrogen (secondary N) is 1. The number of hydrogen-bond acceptors (Lipinski definition) is 4. The fraction of sp³-hybridized carbons (Fsp3) is 0.435. The van der Waals surface area contributed by atoms with Crippen LogP contribution in [0.25, 0.3) is 11.2 Å². The molecule has 3 aromatic rings. The Balaban J connectivity index is 1.28. The van der Waals surface area contributed by atoms with Crippen LogP contribution in [0.15, 0.2) is 42.6 Å². The van der Waals surface area contributed by atoms with Crippen LogP contribution >= 0.6 is 0 Å². The van der Waals surface area contributed by atoms with Gasteiger partial charge in [-0.1, -0.05) is 26.0 Å². The third-order valence-corrected chi connectivity index (χ3v) is 5.71. The van der Waals surface area contributed by atoms with Crippen LogP contribution in [0.4, 0.5) is 9.18 Å². The van der Waals surface area contributed by atoms with Gasteiger partial charge in [-0.25, -0.2) is 19.2 Å². The number of nitrogens with zero attached hydrogens (tertiary/aromatic N) is 5. The Labute approximate surface area is 181 Å². The number of hydrogen-bond donors (Lipinski definition) is 1. The summed E-state index contributed by atoms with van der Waals surface area (Å²) in [6.45, 7) is 9.48. The van der Waals surface area contributed by atoms with E-state index in [0.717, 1.165) is 48.7 Å². The van der Waals surface area contributed by atoms with Gasteiger partial charge >= 0.3 is 6.03 Å². The molecule has 1 aliphatic heterocycles. The van der Waals surface area contributed by atoms with Crippen LogP contribution in [0, 0.1) is 5.82 Å². The minimum absolute atomic E-state index is 0.0733. The Kier molecular flexibility index (Phi) is 6.46. The van der Waals surface area contributed by atoms with Crippen LogP contribution in [0.3, 0.4) is 0 Å². The summed E-state index contributed by atoms with van der Waals surface area (Å²) < 4.78 is 15.2. The number of piperazine rings is 1. The molecule has 1 fully saturated rings. The Morgan fingerprint density at radius 2 is 1.84 bits per heavy atom. The molecule has 7 nitrogen and oxygen atoms in total. The van der Waals surface area contributed by atoms with Crippen molar-refractivity contribution in [2.24, 2.45) is 0 Å². The topological polar surface area (TPSA) is 66.3 Å². The summed E-state index contributed by atoms with van der Waals surface area (Å²) in [7, 11) is 0. The standard InChI is InChI=1S/C23H29FN6O/c1-17(2)21-27-20-4-3-9-25-22(20)30(21)15-12-28-10-13-29(14-11-28)23(31)26-16-18-5-7-19(24)8-6-18/h3-9,17H,10-16H2,1-2H3,(H,26,31). The van der Waals surface area contributed by atoms with Gasteiger partial charge in [0.1, 0.15) is 17.2 Å². The molecule has 0 aliphatic carbocycles. The molecule has 0 bridgehead atoms. The third kappa shape index (κ3) is 5.02. The molecule has 2 aromatic heterocycles. The summed E-state index contributed by atoms with van der Waals surface area (Å²) in [6.07, 6.45) is 1.81. The summed E-state index contributed by atoms with van der Waals surface area (Å²) in [5, 5.41) is 2.92. The molecule has 164 valence electrons. The molecule has 1 N–H and O–H groups in total. The molecule has 0 radical (unpaired) electrons. The van der Waals surface area contributed by atoms with Crippen molar-refractivity contribution < 1.29 is 9.18 Å². The van der Waals surface area contributed by atoms with E-state index in [2.05, 4.69) is 33.6 Å². The number of benzene rings is 1. The van der Waals surface area contributed by atoms with Gasteiger partial charge < -0.3 is 14.8 Å². The second-order valence-corrected chi connectivity index (χ2v) is 8.24. The lowest BCUT2D eigenvalue weighted by Crippen LogP contribution is -2.52. The molecule has 0 spiro atoms. The second kappa shape index (κ2) is 9.43. The second-order valence-electron chi connectivity index (χ2n) is 8.24. The predicted octanol–water partition coefficient (Wildman–Crippen LogP) is 3.22. The van der Waals surface area contributed by atoms with E-state index in [1.54, 1.807) is 12.1 Å². The minimum atomic E-state index is -0.272. The molecule has 1 aromatic carbocycles. The fourth-order valence-corrected chi connectivity index (χ4v) is 3.94. The summed E-state index contributed by atoms with van der Waals surface area (Å²) >= 11 is 0. The van der Waals surface area contributed by atoms with Crippen molar-refractivity contribution >= 4 is 17.2 Å². The van der Waals surface area contributed by atoms with Crippen LogP contribution in [-0.4, -0.2) is 63.1 Å². The largest absolute Gasteiger partial charge is 0.334 e. The highest BCUT2D eigenvalue weighted by Gasteiger charge is 2.22. The average Bonchev–Trinajstić information content (AvgIpc) is 3.16. The molecule has 31 heavy (non-hydrogen) atoms. The van der Waals surface area contributed by atoms with Crippen molar-refractivity contribution in [2.75, 3.05) is 32.7 Å². The van der Waals surface area contributed by atoms with E-state index in [-0.39, 0.29) is 11.8 Å². The van der Waals surface area contributed by atoms with Crippen LogP contribution in [0.1, 0.15) is 31.2 Å².